The van der Waals surface area contributed by atoms with Gasteiger partial charge in [0.25, 0.3) is 0 Å². The van der Waals surface area contributed by atoms with Gasteiger partial charge in [0.05, 0.1) is 0 Å². The average molecular weight is 138 g/mol. The van der Waals surface area contributed by atoms with E-state index < -0.39 is 18.4 Å². The van der Waals surface area contributed by atoms with Crippen molar-refractivity contribution in [2.45, 2.75) is 12.6 Å². The maximum absolute atomic E-state index is 11.2. The van der Waals surface area contributed by atoms with Crippen LogP contribution in [0, 0.1) is 0 Å². The van der Waals surface area contributed by atoms with Gasteiger partial charge in [0.2, 0.25) is 5.78 Å². The number of ketones is 1. The summed E-state index contributed by atoms with van der Waals surface area (Å²) in [5, 5.41) is 0. The van der Waals surface area contributed by atoms with E-state index in [1.54, 1.807) is 0 Å². The van der Waals surface area contributed by atoms with Crippen LogP contribution in [-0.4, -0.2) is 12.0 Å². The highest BCUT2D eigenvalue weighted by Crippen LogP contribution is 2.17. The molecule has 0 aromatic heterocycles. The van der Waals surface area contributed by atoms with E-state index in [1.807, 2.05) is 0 Å². The number of hydrogen-bond donors (Lipinski definition) is 0. The van der Waals surface area contributed by atoms with Crippen molar-refractivity contribution in [3.05, 3.63) is 12.7 Å². The Morgan fingerprint density at radius 2 is 2.00 bits per heavy atom. The highest BCUT2D eigenvalue weighted by Gasteiger charge is 2.36. The molecule has 0 aliphatic heterocycles. The first-order valence-electron chi connectivity index (χ1n) is 2.19. The van der Waals surface area contributed by atoms with Crippen LogP contribution in [0.5, 0.6) is 0 Å². The van der Waals surface area contributed by atoms with Crippen molar-refractivity contribution < 1.29 is 18.0 Å². The Kier molecular flexibility index (Phi) is 2.42. The van der Waals surface area contributed by atoms with E-state index in [0.29, 0.717) is 0 Å². The zero-order chi connectivity index (χ0) is 7.49. The lowest BCUT2D eigenvalue weighted by Crippen LogP contribution is -2.21. The van der Waals surface area contributed by atoms with Gasteiger partial charge in [-0.2, -0.15) is 13.2 Å². The summed E-state index contributed by atoms with van der Waals surface area (Å²) in [6.07, 6.45) is -4.41. The fourth-order valence-electron chi connectivity index (χ4n) is 0.247. The average Bonchev–Trinajstić information content (AvgIpc) is 1.64. The van der Waals surface area contributed by atoms with Crippen LogP contribution in [-0.2, 0) is 4.79 Å². The summed E-state index contributed by atoms with van der Waals surface area (Å²) in [5.74, 6) is -1.75. The molecule has 0 atom stereocenters. The molecule has 1 nitrogen and oxygen atoms in total. The van der Waals surface area contributed by atoms with Gasteiger partial charge in [0.15, 0.2) is 0 Å². The molecule has 0 saturated carbocycles. The van der Waals surface area contributed by atoms with Crippen molar-refractivity contribution in [3.63, 3.8) is 0 Å². The van der Waals surface area contributed by atoms with E-state index in [4.69, 9.17) is 0 Å². The van der Waals surface area contributed by atoms with Gasteiger partial charge in [0.1, 0.15) is 0 Å². The summed E-state index contributed by atoms with van der Waals surface area (Å²) >= 11 is 0. The number of allylic oxidation sites excluding steroid dienone is 1. The van der Waals surface area contributed by atoms with E-state index in [2.05, 4.69) is 6.58 Å². The van der Waals surface area contributed by atoms with Crippen molar-refractivity contribution in [1.29, 1.82) is 0 Å². The van der Waals surface area contributed by atoms with Crippen molar-refractivity contribution in [2.24, 2.45) is 0 Å². The normalized spacial score (nSPS) is 11.0. The van der Waals surface area contributed by atoms with E-state index in [1.165, 1.54) is 0 Å². The molecule has 9 heavy (non-hydrogen) atoms. The summed E-state index contributed by atoms with van der Waals surface area (Å²) in [6, 6.07) is 0. The zero-order valence-corrected chi connectivity index (χ0v) is 4.53. The van der Waals surface area contributed by atoms with E-state index in [9.17, 15) is 18.0 Å². The zero-order valence-electron chi connectivity index (χ0n) is 4.53. The van der Waals surface area contributed by atoms with Crippen molar-refractivity contribution in [1.82, 2.24) is 0 Å². The lowest BCUT2D eigenvalue weighted by atomic mass is 10.3. The lowest BCUT2D eigenvalue weighted by molar-refractivity contribution is -0.170. The minimum Gasteiger partial charge on any atom is -0.289 e. The maximum Gasteiger partial charge on any atom is 0.450 e. The molecule has 0 unspecified atom stereocenters. The van der Waals surface area contributed by atoms with Crippen molar-refractivity contribution in [3.8, 4) is 0 Å². The second kappa shape index (κ2) is 2.66. The third kappa shape index (κ3) is 2.90. The molecule has 0 aromatic rings. The quantitative estimate of drug-likeness (QED) is 0.530. The molecular formula is C5H5F3O. The molecule has 52 valence electrons. The molecule has 0 saturated heterocycles. The number of alkyl halides is 3. The van der Waals surface area contributed by atoms with Crippen LogP contribution in [0.1, 0.15) is 6.42 Å². The molecule has 0 amide bonds. The summed E-state index contributed by atoms with van der Waals surface area (Å²) < 4.78 is 33.7. The third-order valence-electron chi connectivity index (χ3n) is 0.646. The number of hydrogen-bond acceptors (Lipinski definition) is 1. The van der Waals surface area contributed by atoms with Crippen LogP contribution < -0.4 is 0 Å². The van der Waals surface area contributed by atoms with Gasteiger partial charge in [-0.15, -0.1) is 6.58 Å². The fourth-order valence-corrected chi connectivity index (χ4v) is 0.247. The summed E-state index contributed by atoms with van der Waals surface area (Å²) in [4.78, 5) is 9.87. The smallest absolute Gasteiger partial charge is 0.289 e. The molecule has 0 bridgehead atoms. The van der Waals surface area contributed by atoms with Gasteiger partial charge >= 0.3 is 6.18 Å². The molecule has 4 heteroatoms. The number of carbonyl (C=O) groups is 1. The van der Waals surface area contributed by atoms with E-state index >= 15 is 0 Å². The standard InChI is InChI=1S/C5H5F3O/c1-2-3-4(9)5(6,7)8/h2H,1,3H2. The van der Waals surface area contributed by atoms with Crippen LogP contribution in [0.2, 0.25) is 0 Å². The Morgan fingerprint density at radius 3 is 2.11 bits per heavy atom. The Labute approximate surface area is 50.2 Å². The summed E-state index contributed by atoms with van der Waals surface area (Å²) in [7, 11) is 0. The minimum absolute atomic E-state index is 0.635. The second-order valence-electron chi connectivity index (χ2n) is 1.41. The topological polar surface area (TPSA) is 17.1 Å². The van der Waals surface area contributed by atoms with Gasteiger partial charge < -0.3 is 0 Å². The highest BCUT2D eigenvalue weighted by atomic mass is 19.4. The predicted molar refractivity (Wildman–Crippen MR) is 25.9 cm³/mol. The number of Topliss-reactive ketones (excluding diaryl/α,β-unsaturated/α-hetero) is 1. The number of halogens is 3. The molecule has 0 rings (SSSR count). The second-order valence-corrected chi connectivity index (χ2v) is 1.41. The monoisotopic (exact) mass is 138 g/mol. The highest BCUT2D eigenvalue weighted by molar-refractivity contribution is 5.85. The Hall–Kier alpha value is -0.800. The minimum atomic E-state index is -4.70. The molecule has 0 aliphatic carbocycles. The largest absolute Gasteiger partial charge is 0.450 e. The Balaban J connectivity index is 3.88. The third-order valence-corrected chi connectivity index (χ3v) is 0.646. The molecule has 0 spiro atoms. The van der Waals surface area contributed by atoms with Crippen LogP contribution in [0.4, 0.5) is 13.2 Å². The lowest BCUT2D eigenvalue weighted by Gasteiger charge is -1.99. The Morgan fingerprint density at radius 1 is 1.56 bits per heavy atom. The first-order chi connectivity index (χ1) is 3.98. The molecule has 0 aliphatic rings. The van der Waals surface area contributed by atoms with Gasteiger partial charge in [-0.25, -0.2) is 0 Å². The molecular weight excluding hydrogens is 133 g/mol. The number of rotatable bonds is 2. The van der Waals surface area contributed by atoms with Gasteiger partial charge in [-0.05, 0) is 0 Å². The molecule has 0 N–H and O–H groups in total. The Bertz CT molecular complexity index is 125. The predicted octanol–water partition coefficient (Wildman–Crippen LogP) is 1.69. The molecule has 0 radical (unpaired) electrons. The fraction of sp³-hybridized carbons (Fsp3) is 0.400. The SMILES string of the molecule is C=CCC(=O)C(F)(F)F. The maximum atomic E-state index is 11.2. The molecule has 0 aromatic carbocycles. The van der Waals surface area contributed by atoms with E-state index in [-0.39, 0.29) is 0 Å². The van der Waals surface area contributed by atoms with Crippen molar-refractivity contribution in [2.75, 3.05) is 0 Å². The van der Waals surface area contributed by atoms with Crippen LogP contribution in [0.15, 0.2) is 12.7 Å². The number of carbonyl (C=O) groups excluding carboxylic acids is 1. The van der Waals surface area contributed by atoms with Crippen LogP contribution >= 0.6 is 0 Å². The molecule has 0 heterocycles. The summed E-state index contributed by atoms with van der Waals surface area (Å²) in [6.45, 7) is 2.99. The van der Waals surface area contributed by atoms with E-state index in [0.717, 1.165) is 6.08 Å². The van der Waals surface area contributed by atoms with Crippen LogP contribution in [0.3, 0.4) is 0 Å². The first kappa shape index (κ1) is 8.20. The van der Waals surface area contributed by atoms with Gasteiger partial charge in [-0.1, -0.05) is 6.08 Å². The van der Waals surface area contributed by atoms with Gasteiger partial charge in [0, 0.05) is 6.42 Å². The summed E-state index contributed by atoms with van der Waals surface area (Å²) in [5.41, 5.74) is 0. The molecule has 0 fully saturated rings. The van der Waals surface area contributed by atoms with Crippen molar-refractivity contribution >= 4 is 5.78 Å². The van der Waals surface area contributed by atoms with Gasteiger partial charge in [-0.3, -0.25) is 4.79 Å². The first-order valence-corrected chi connectivity index (χ1v) is 2.19. The van der Waals surface area contributed by atoms with Crippen LogP contribution in [0.25, 0.3) is 0 Å².